The molecular weight excluding hydrogens is 466 g/mol. The number of nitrogens with one attached hydrogen (secondary N) is 1. The Bertz CT molecular complexity index is 1580. The second-order valence-electron chi connectivity index (χ2n) is 8.07. The average molecular weight is 492 g/mol. The molecule has 1 amide bonds. The van der Waals surface area contributed by atoms with Gasteiger partial charge < -0.3 is 14.6 Å². The van der Waals surface area contributed by atoms with E-state index < -0.39 is 26.1 Å². The van der Waals surface area contributed by atoms with Crippen LogP contribution in [0.25, 0.3) is 11.0 Å². The van der Waals surface area contributed by atoms with Crippen LogP contribution in [0, 0.1) is 13.8 Å². The molecule has 0 atom stereocenters. The Morgan fingerprint density at radius 1 is 1.03 bits per heavy atom. The van der Waals surface area contributed by atoms with Crippen LogP contribution in [0.1, 0.15) is 18.2 Å². The van der Waals surface area contributed by atoms with E-state index >= 15 is 0 Å². The Kier molecular flexibility index (Phi) is 6.70. The summed E-state index contributed by atoms with van der Waals surface area (Å²) in [6.45, 7) is 5.61. The monoisotopic (exact) mass is 491 g/mol. The van der Waals surface area contributed by atoms with E-state index in [-0.39, 0.29) is 22.5 Å². The first-order valence-corrected chi connectivity index (χ1v) is 12.5. The normalized spacial score (nSPS) is 11.4. The van der Waals surface area contributed by atoms with Crippen molar-refractivity contribution in [2.45, 2.75) is 37.1 Å². The van der Waals surface area contributed by atoms with Gasteiger partial charge in [0.2, 0.25) is 21.2 Å². The molecule has 0 fully saturated rings. The molecule has 2 aromatic heterocycles. The number of ether oxygens (including phenoxy) is 1. The zero-order valence-corrected chi connectivity index (χ0v) is 20.4. The Labute approximate surface area is 203 Å². The molecule has 35 heavy (non-hydrogen) atoms. The van der Waals surface area contributed by atoms with Gasteiger partial charge in [0.25, 0.3) is 0 Å². The van der Waals surface area contributed by atoms with Crippen molar-refractivity contribution in [1.82, 2.24) is 9.55 Å². The molecule has 0 spiro atoms. The van der Waals surface area contributed by atoms with Crippen LogP contribution in [-0.4, -0.2) is 30.5 Å². The molecule has 0 saturated heterocycles. The molecule has 0 aliphatic carbocycles. The number of nitrogens with zero attached hydrogens (tertiary/aromatic N) is 2. The molecule has 0 saturated carbocycles. The van der Waals surface area contributed by atoms with Gasteiger partial charge in [0.15, 0.2) is 0 Å². The first-order valence-electron chi connectivity index (χ1n) is 11.0. The molecule has 1 N–H and O–H groups in total. The third kappa shape index (κ3) is 4.95. The number of carbonyl (C=O) groups is 1. The fourth-order valence-electron chi connectivity index (χ4n) is 3.69. The zero-order valence-electron chi connectivity index (χ0n) is 19.6. The maximum atomic E-state index is 13.4. The number of hydrogen-bond acceptors (Lipinski definition) is 6. The summed E-state index contributed by atoms with van der Waals surface area (Å²) in [5, 5.41) is 2.91. The first kappa shape index (κ1) is 24.2. The summed E-state index contributed by atoms with van der Waals surface area (Å²) in [7, 11) is -4.13. The van der Waals surface area contributed by atoms with Crippen molar-refractivity contribution in [3.05, 3.63) is 88.3 Å². The number of para-hydroxylation sites is 2. The van der Waals surface area contributed by atoms with Crippen LogP contribution in [0.5, 0.6) is 5.75 Å². The van der Waals surface area contributed by atoms with Gasteiger partial charge in [-0.1, -0.05) is 29.8 Å². The van der Waals surface area contributed by atoms with E-state index in [0.29, 0.717) is 23.7 Å². The molecule has 4 aromatic rings. The van der Waals surface area contributed by atoms with Crippen molar-refractivity contribution in [2.75, 3.05) is 11.9 Å². The Balaban J connectivity index is 1.80. The molecule has 9 heteroatoms. The number of aromatic nitrogens is 2. The average Bonchev–Trinajstić information content (AvgIpc) is 2.82. The molecule has 2 aromatic carbocycles. The number of rotatable bonds is 7. The maximum absolute atomic E-state index is 13.4. The maximum Gasteiger partial charge on any atom is 0.244 e. The molecule has 0 aliphatic heterocycles. The number of fused-ring (bicyclic) bond motifs is 1. The van der Waals surface area contributed by atoms with E-state index in [1.54, 1.807) is 49.4 Å². The van der Waals surface area contributed by atoms with Crippen LogP contribution in [0.15, 0.2) is 81.4 Å². The topological polar surface area (TPSA) is 107 Å². The van der Waals surface area contributed by atoms with Crippen LogP contribution >= 0.6 is 0 Å². The first-order chi connectivity index (χ1) is 16.7. The number of aryl methyl sites for hydroxylation is 2. The van der Waals surface area contributed by atoms with E-state index in [1.807, 2.05) is 13.8 Å². The molecular formula is C26H25N3O5S. The number of sulfone groups is 1. The van der Waals surface area contributed by atoms with Crippen molar-refractivity contribution in [2.24, 2.45) is 0 Å². The third-order valence-corrected chi connectivity index (χ3v) is 7.19. The van der Waals surface area contributed by atoms with E-state index in [1.165, 1.54) is 29.0 Å². The lowest BCUT2D eigenvalue weighted by Crippen LogP contribution is -2.24. The van der Waals surface area contributed by atoms with Crippen LogP contribution in [0.3, 0.4) is 0 Å². The SMILES string of the molecule is CCOc1ccccc1NC(=O)Cn1cc(S(=O)(=O)c2ccc(C)cc2)c(=O)c2ccc(C)nc21. The highest BCUT2D eigenvalue weighted by molar-refractivity contribution is 7.91. The minimum absolute atomic E-state index is 0.00117. The van der Waals surface area contributed by atoms with Crippen molar-refractivity contribution in [1.29, 1.82) is 0 Å². The summed E-state index contributed by atoms with van der Waals surface area (Å²) < 4.78 is 33.7. The van der Waals surface area contributed by atoms with Gasteiger partial charge in [-0.25, -0.2) is 13.4 Å². The molecule has 8 nitrogen and oxygen atoms in total. The number of carbonyl (C=O) groups excluding carboxylic acids is 1. The van der Waals surface area contributed by atoms with Crippen molar-refractivity contribution in [3.63, 3.8) is 0 Å². The molecule has 180 valence electrons. The summed E-state index contributed by atoms with van der Waals surface area (Å²) in [5.41, 5.74) is 1.57. The fraction of sp³-hybridized carbons (Fsp3) is 0.192. The van der Waals surface area contributed by atoms with Crippen LogP contribution in [0.4, 0.5) is 5.69 Å². The standard InChI is InChI=1S/C26H25N3O5S/c1-4-34-22-8-6-5-7-21(22)28-24(30)16-29-15-23(25(31)20-14-11-18(3)27-26(20)29)35(32,33)19-12-9-17(2)10-13-19/h5-15H,4,16H2,1-3H3,(H,28,30). The van der Waals surface area contributed by atoms with Gasteiger partial charge in [-0.2, -0.15) is 0 Å². The van der Waals surface area contributed by atoms with Gasteiger partial charge in [0.1, 0.15) is 22.8 Å². The Morgan fingerprint density at radius 2 is 1.74 bits per heavy atom. The predicted molar refractivity (Wildman–Crippen MR) is 134 cm³/mol. The highest BCUT2D eigenvalue weighted by atomic mass is 32.2. The minimum atomic E-state index is -4.13. The number of anilines is 1. The second-order valence-corrected chi connectivity index (χ2v) is 9.99. The molecule has 0 radical (unpaired) electrons. The van der Waals surface area contributed by atoms with Crippen molar-refractivity contribution < 1.29 is 17.9 Å². The van der Waals surface area contributed by atoms with Gasteiger partial charge >= 0.3 is 0 Å². The lowest BCUT2D eigenvalue weighted by Gasteiger charge is -2.15. The Morgan fingerprint density at radius 3 is 2.46 bits per heavy atom. The van der Waals surface area contributed by atoms with E-state index in [9.17, 15) is 18.0 Å². The van der Waals surface area contributed by atoms with Gasteiger partial charge in [0.05, 0.1) is 22.6 Å². The summed E-state index contributed by atoms with van der Waals surface area (Å²) in [6, 6.07) is 16.4. The number of hydrogen-bond donors (Lipinski definition) is 1. The van der Waals surface area contributed by atoms with Gasteiger partial charge in [-0.3, -0.25) is 9.59 Å². The molecule has 2 heterocycles. The van der Waals surface area contributed by atoms with Gasteiger partial charge in [0, 0.05) is 11.9 Å². The number of pyridine rings is 2. The minimum Gasteiger partial charge on any atom is -0.492 e. The Hall–Kier alpha value is -3.98. The quantitative estimate of drug-likeness (QED) is 0.420. The van der Waals surface area contributed by atoms with Crippen molar-refractivity contribution in [3.8, 4) is 5.75 Å². The lowest BCUT2D eigenvalue weighted by molar-refractivity contribution is -0.116. The van der Waals surface area contributed by atoms with Crippen LogP contribution in [-0.2, 0) is 21.2 Å². The highest BCUT2D eigenvalue weighted by Crippen LogP contribution is 2.24. The molecule has 4 rings (SSSR count). The molecule has 0 aliphatic rings. The fourth-order valence-corrected chi connectivity index (χ4v) is 5.05. The zero-order chi connectivity index (χ0) is 25.2. The number of amides is 1. The third-order valence-electron chi connectivity index (χ3n) is 5.42. The summed E-state index contributed by atoms with van der Waals surface area (Å²) >= 11 is 0. The van der Waals surface area contributed by atoms with E-state index in [2.05, 4.69) is 10.3 Å². The van der Waals surface area contributed by atoms with Crippen LogP contribution < -0.4 is 15.5 Å². The molecule has 0 unspecified atom stereocenters. The summed E-state index contributed by atoms with van der Waals surface area (Å²) in [6.07, 6.45) is 1.19. The summed E-state index contributed by atoms with van der Waals surface area (Å²) in [4.78, 5) is 30.2. The lowest BCUT2D eigenvalue weighted by atomic mass is 10.2. The van der Waals surface area contributed by atoms with E-state index in [4.69, 9.17) is 4.74 Å². The van der Waals surface area contributed by atoms with Crippen LogP contribution in [0.2, 0.25) is 0 Å². The highest BCUT2D eigenvalue weighted by Gasteiger charge is 2.25. The van der Waals surface area contributed by atoms with Gasteiger partial charge in [-0.05, 0) is 57.2 Å². The second kappa shape index (κ2) is 9.71. The summed E-state index contributed by atoms with van der Waals surface area (Å²) in [5.74, 6) is 0.0915. The number of benzene rings is 2. The van der Waals surface area contributed by atoms with E-state index in [0.717, 1.165) is 5.56 Å². The molecule has 0 bridgehead atoms. The van der Waals surface area contributed by atoms with Gasteiger partial charge in [-0.15, -0.1) is 0 Å². The predicted octanol–water partition coefficient (Wildman–Crippen LogP) is 3.88. The van der Waals surface area contributed by atoms with Crippen molar-refractivity contribution >= 4 is 32.5 Å². The smallest absolute Gasteiger partial charge is 0.244 e. The largest absolute Gasteiger partial charge is 0.492 e.